The first kappa shape index (κ1) is 18.2. The number of hydrogen-bond acceptors (Lipinski definition) is 2. The highest BCUT2D eigenvalue weighted by Crippen LogP contribution is 2.45. The highest BCUT2D eigenvalue weighted by molar-refractivity contribution is 5.99. The molecule has 0 aromatic heterocycles. The Morgan fingerprint density at radius 3 is 2.76 bits per heavy atom. The summed E-state index contributed by atoms with van der Waals surface area (Å²) >= 11 is 0. The summed E-state index contributed by atoms with van der Waals surface area (Å²) in [5.74, 6) is 0.882. The van der Waals surface area contributed by atoms with E-state index in [1.807, 2.05) is 29.2 Å². The van der Waals surface area contributed by atoms with Gasteiger partial charge in [-0.3, -0.25) is 4.79 Å². The monoisotopic (exact) mass is 389 g/mol. The van der Waals surface area contributed by atoms with Crippen LogP contribution in [0.3, 0.4) is 0 Å². The Morgan fingerprint density at radius 2 is 1.90 bits per heavy atom. The number of likely N-dealkylation sites (tertiary alicyclic amines) is 1. The number of hydrogen-bond donors (Lipinski definition) is 2. The number of nitrogens with zero attached hydrogens (tertiary/aromatic N) is 1. The largest absolute Gasteiger partial charge is 0.352 e. The van der Waals surface area contributed by atoms with Crippen LogP contribution in [0.1, 0.15) is 53.1 Å². The number of nitrogens with one attached hydrogen (secondary N) is 2. The third-order valence-corrected chi connectivity index (χ3v) is 6.87. The van der Waals surface area contributed by atoms with Crippen LogP contribution in [0.4, 0.5) is 10.5 Å². The Bertz CT molecular complexity index is 927. The molecule has 2 fully saturated rings. The second-order valence-electron chi connectivity index (χ2n) is 8.49. The topological polar surface area (TPSA) is 61.4 Å². The van der Waals surface area contributed by atoms with Gasteiger partial charge in [-0.15, -0.1) is 0 Å². The van der Waals surface area contributed by atoms with Crippen LogP contribution in [0.25, 0.3) is 0 Å². The van der Waals surface area contributed by atoms with E-state index < -0.39 is 0 Å². The van der Waals surface area contributed by atoms with Gasteiger partial charge < -0.3 is 15.5 Å². The summed E-state index contributed by atoms with van der Waals surface area (Å²) in [4.78, 5) is 27.4. The van der Waals surface area contributed by atoms with Crippen molar-refractivity contribution >= 4 is 17.6 Å². The predicted octanol–water partition coefficient (Wildman–Crippen LogP) is 4.16. The van der Waals surface area contributed by atoms with Gasteiger partial charge in [0.15, 0.2) is 0 Å². The maximum atomic E-state index is 13.2. The summed E-state index contributed by atoms with van der Waals surface area (Å²) < 4.78 is 0. The molecule has 2 aliphatic heterocycles. The van der Waals surface area contributed by atoms with Crippen LogP contribution >= 0.6 is 0 Å². The van der Waals surface area contributed by atoms with Crippen LogP contribution in [0, 0.1) is 5.92 Å². The van der Waals surface area contributed by atoms with E-state index in [2.05, 4.69) is 34.9 Å². The lowest BCUT2D eigenvalue weighted by Gasteiger charge is -2.32. The van der Waals surface area contributed by atoms with Gasteiger partial charge in [0, 0.05) is 36.3 Å². The number of rotatable bonds is 2. The number of amides is 3. The number of fused-ring (bicyclic) bond motifs is 2. The Hall–Kier alpha value is -2.82. The zero-order valence-corrected chi connectivity index (χ0v) is 16.6. The quantitative estimate of drug-likeness (QED) is 0.810. The summed E-state index contributed by atoms with van der Waals surface area (Å²) in [6.45, 7) is 1.44. The second kappa shape index (κ2) is 7.54. The Labute approximate surface area is 171 Å². The van der Waals surface area contributed by atoms with Gasteiger partial charge in [0.05, 0.1) is 0 Å². The fourth-order valence-corrected chi connectivity index (χ4v) is 5.45. The molecule has 0 bridgehead atoms. The molecular weight excluding hydrogens is 362 g/mol. The molecule has 2 heterocycles. The van der Waals surface area contributed by atoms with E-state index in [-0.39, 0.29) is 11.9 Å². The van der Waals surface area contributed by atoms with Crippen molar-refractivity contribution < 1.29 is 9.59 Å². The van der Waals surface area contributed by atoms with Crippen LogP contribution < -0.4 is 10.6 Å². The molecule has 150 valence electrons. The highest BCUT2D eigenvalue weighted by Gasteiger charge is 2.45. The van der Waals surface area contributed by atoms with Crippen molar-refractivity contribution in [3.63, 3.8) is 0 Å². The number of carbonyl (C=O) groups excluding carboxylic acids is 2. The molecule has 0 spiro atoms. The fourth-order valence-electron chi connectivity index (χ4n) is 5.45. The van der Waals surface area contributed by atoms with Crippen molar-refractivity contribution in [1.29, 1.82) is 0 Å². The molecule has 2 aromatic rings. The van der Waals surface area contributed by atoms with E-state index in [1.54, 1.807) is 0 Å². The van der Waals surface area contributed by atoms with Crippen LogP contribution in [-0.2, 0) is 6.42 Å². The average molecular weight is 389 g/mol. The molecule has 5 rings (SSSR count). The SMILES string of the molecule is O=C1NCCc2ccc(NC(=O)N3CC(c4ccccc4)C4CCCCC43)cc21. The van der Waals surface area contributed by atoms with Gasteiger partial charge in [-0.1, -0.05) is 49.2 Å². The molecule has 29 heavy (non-hydrogen) atoms. The van der Waals surface area contributed by atoms with Crippen LogP contribution in [0.15, 0.2) is 48.5 Å². The number of benzene rings is 2. The van der Waals surface area contributed by atoms with Gasteiger partial charge in [-0.05, 0) is 48.4 Å². The highest BCUT2D eigenvalue weighted by atomic mass is 16.2. The Morgan fingerprint density at radius 1 is 1.07 bits per heavy atom. The first-order valence-corrected chi connectivity index (χ1v) is 10.7. The molecule has 3 amide bonds. The number of urea groups is 1. The molecule has 1 saturated heterocycles. The van der Waals surface area contributed by atoms with E-state index in [4.69, 9.17) is 0 Å². The van der Waals surface area contributed by atoms with Gasteiger partial charge in [0.2, 0.25) is 0 Å². The van der Waals surface area contributed by atoms with Gasteiger partial charge >= 0.3 is 6.03 Å². The summed E-state index contributed by atoms with van der Waals surface area (Å²) in [6, 6.07) is 16.6. The van der Waals surface area contributed by atoms with Crippen LogP contribution in [0.5, 0.6) is 0 Å². The second-order valence-corrected chi connectivity index (χ2v) is 8.49. The number of anilines is 1. The summed E-state index contributed by atoms with van der Waals surface area (Å²) in [5, 5.41) is 5.94. The van der Waals surface area contributed by atoms with Crippen LogP contribution in [-0.4, -0.2) is 36.0 Å². The minimum absolute atomic E-state index is 0.0449. The molecular formula is C24H27N3O2. The Kier molecular flexibility index (Phi) is 4.74. The molecule has 5 heteroatoms. The maximum absolute atomic E-state index is 13.2. The van der Waals surface area contributed by atoms with Crippen molar-refractivity contribution in [3.8, 4) is 0 Å². The molecule has 3 atom stereocenters. The molecule has 1 saturated carbocycles. The van der Waals surface area contributed by atoms with Crippen molar-refractivity contribution in [2.45, 2.75) is 44.1 Å². The van der Waals surface area contributed by atoms with Crippen molar-refractivity contribution in [1.82, 2.24) is 10.2 Å². The zero-order valence-electron chi connectivity index (χ0n) is 16.6. The van der Waals surface area contributed by atoms with E-state index in [0.717, 1.165) is 24.9 Å². The van der Waals surface area contributed by atoms with Gasteiger partial charge in [-0.2, -0.15) is 0 Å². The zero-order chi connectivity index (χ0) is 19.8. The van der Waals surface area contributed by atoms with E-state index >= 15 is 0 Å². The summed E-state index contributed by atoms with van der Waals surface area (Å²) in [7, 11) is 0. The lowest BCUT2D eigenvalue weighted by molar-refractivity contribution is 0.0946. The normalized spacial score (nSPS) is 25.7. The van der Waals surface area contributed by atoms with Gasteiger partial charge in [0.25, 0.3) is 5.91 Å². The van der Waals surface area contributed by atoms with Crippen molar-refractivity contribution in [3.05, 3.63) is 65.2 Å². The van der Waals surface area contributed by atoms with Gasteiger partial charge in [-0.25, -0.2) is 4.79 Å². The minimum atomic E-state index is -0.0555. The van der Waals surface area contributed by atoms with Crippen molar-refractivity contribution in [2.75, 3.05) is 18.4 Å². The fraction of sp³-hybridized carbons (Fsp3) is 0.417. The molecule has 5 nitrogen and oxygen atoms in total. The Balaban J connectivity index is 1.37. The molecule has 0 radical (unpaired) electrons. The standard InChI is InChI=1S/C24H27N3O2/c28-23-20-14-18(11-10-17(20)12-13-25-23)26-24(29)27-15-21(16-6-2-1-3-7-16)19-8-4-5-9-22(19)27/h1-3,6-7,10-11,14,19,21-22H,4-5,8-9,12-13,15H2,(H,25,28)(H,26,29). The third kappa shape index (κ3) is 3.39. The predicted molar refractivity (Wildman–Crippen MR) is 113 cm³/mol. The van der Waals surface area contributed by atoms with E-state index in [0.29, 0.717) is 35.7 Å². The van der Waals surface area contributed by atoms with E-state index in [1.165, 1.54) is 24.8 Å². The lowest BCUT2D eigenvalue weighted by atomic mass is 9.77. The molecule has 3 aliphatic rings. The first-order chi connectivity index (χ1) is 14.2. The van der Waals surface area contributed by atoms with Crippen LogP contribution in [0.2, 0.25) is 0 Å². The molecule has 2 N–H and O–H groups in total. The average Bonchev–Trinajstić information content (AvgIpc) is 3.15. The van der Waals surface area contributed by atoms with Gasteiger partial charge in [0.1, 0.15) is 0 Å². The lowest BCUT2D eigenvalue weighted by Crippen LogP contribution is -2.41. The maximum Gasteiger partial charge on any atom is 0.322 e. The van der Waals surface area contributed by atoms with Crippen molar-refractivity contribution in [2.24, 2.45) is 5.92 Å². The number of carbonyl (C=O) groups is 2. The molecule has 1 aliphatic carbocycles. The molecule has 3 unspecified atom stereocenters. The molecule has 2 aromatic carbocycles. The summed E-state index contributed by atoms with van der Waals surface area (Å²) in [5.41, 5.74) is 3.75. The summed E-state index contributed by atoms with van der Waals surface area (Å²) in [6.07, 6.45) is 5.54. The smallest absolute Gasteiger partial charge is 0.322 e. The van der Waals surface area contributed by atoms with E-state index in [9.17, 15) is 9.59 Å². The third-order valence-electron chi connectivity index (χ3n) is 6.87. The first-order valence-electron chi connectivity index (χ1n) is 10.7. The minimum Gasteiger partial charge on any atom is -0.352 e.